The zero-order valence-electron chi connectivity index (χ0n) is 32.8. The van der Waals surface area contributed by atoms with Crippen LogP contribution < -0.4 is 5.32 Å². The number of hydrogen-bond acceptors (Lipinski definition) is 5. The molecule has 5 fully saturated rings. The highest BCUT2D eigenvalue weighted by Crippen LogP contribution is 2.74. The lowest BCUT2D eigenvalue weighted by Crippen LogP contribution is -2.62. The van der Waals surface area contributed by atoms with E-state index in [1.54, 1.807) is 5.57 Å². The van der Waals surface area contributed by atoms with E-state index in [-0.39, 0.29) is 45.3 Å². The molecule has 7 nitrogen and oxygen atoms in total. The highest BCUT2D eigenvalue weighted by Gasteiger charge is 2.66. The quantitative estimate of drug-likeness (QED) is 0.253. The second-order valence-electron chi connectivity index (χ2n) is 19.7. The molecule has 11 unspecified atom stereocenters. The Morgan fingerprint density at radius 3 is 2.39 bits per heavy atom. The summed E-state index contributed by atoms with van der Waals surface area (Å²) in [6.45, 7) is 21.7. The minimum atomic E-state index is -0.750. The normalized spacial score (nSPS) is 41.2. The van der Waals surface area contributed by atoms with Crippen LogP contribution >= 0.6 is 0 Å². The first-order valence-corrected chi connectivity index (χ1v) is 20.4. The van der Waals surface area contributed by atoms with Crippen molar-refractivity contribution in [1.29, 1.82) is 0 Å². The van der Waals surface area contributed by atoms with Crippen molar-refractivity contribution in [1.82, 2.24) is 14.9 Å². The minimum Gasteiger partial charge on any atom is -0.481 e. The van der Waals surface area contributed by atoms with Crippen molar-refractivity contribution in [2.24, 2.45) is 82.0 Å². The average Bonchev–Trinajstić information content (AvgIpc) is 3.61. The van der Waals surface area contributed by atoms with Gasteiger partial charge in [-0.2, -0.15) is 0 Å². The summed E-state index contributed by atoms with van der Waals surface area (Å²) in [4.78, 5) is 43.6. The number of imidazole rings is 1. The number of carbonyl (C=O) groups excluding carboxylic acids is 2. The fourth-order valence-corrected chi connectivity index (χ4v) is 14.3. The summed E-state index contributed by atoms with van der Waals surface area (Å²) in [6.07, 6.45) is 16.0. The fourth-order valence-electron chi connectivity index (χ4n) is 14.3. The lowest BCUT2D eigenvalue weighted by molar-refractivity contribution is -0.193. The molecular weight excluding hydrogens is 635 g/mol. The number of carbonyl (C=O) groups is 3. The second kappa shape index (κ2) is 12.7. The molecule has 7 rings (SSSR count). The Morgan fingerprint density at radius 2 is 1.75 bits per heavy atom. The Bertz CT molecular complexity index is 1640. The van der Waals surface area contributed by atoms with Gasteiger partial charge in [-0.3, -0.25) is 14.4 Å². The number of carboxylic acids is 1. The molecule has 1 aromatic heterocycles. The van der Waals surface area contributed by atoms with Crippen LogP contribution in [-0.4, -0.2) is 38.7 Å². The van der Waals surface area contributed by atoms with Gasteiger partial charge < -0.3 is 15.0 Å². The maximum atomic E-state index is 13.9. The Labute approximate surface area is 306 Å². The van der Waals surface area contributed by atoms with E-state index in [4.69, 9.17) is 0 Å². The van der Waals surface area contributed by atoms with E-state index >= 15 is 0 Å². The number of nitrogens with zero attached hydrogens (tertiary/aromatic N) is 2. The number of carboxylic acid groups (broad SMARTS) is 1. The third-order valence-electron chi connectivity index (χ3n) is 17.0. The van der Waals surface area contributed by atoms with Gasteiger partial charge in [-0.1, -0.05) is 60.6 Å². The van der Waals surface area contributed by atoms with E-state index in [0.717, 1.165) is 42.9 Å². The van der Waals surface area contributed by atoms with Gasteiger partial charge in [0.25, 0.3) is 0 Å². The van der Waals surface area contributed by atoms with Crippen molar-refractivity contribution in [3.8, 4) is 0 Å². The zero-order chi connectivity index (χ0) is 36.8. The molecule has 280 valence electrons. The van der Waals surface area contributed by atoms with Crippen LogP contribution in [-0.2, 0) is 21.4 Å². The molecule has 5 saturated carbocycles. The molecule has 0 aliphatic heterocycles. The molecule has 0 bridgehead atoms. The minimum absolute atomic E-state index is 0.0459. The summed E-state index contributed by atoms with van der Waals surface area (Å²) >= 11 is 0. The molecule has 7 heteroatoms. The van der Waals surface area contributed by atoms with E-state index in [9.17, 15) is 19.5 Å². The van der Waals surface area contributed by atoms with Crippen LogP contribution in [0.2, 0.25) is 0 Å². The number of hydrogen-bond donors (Lipinski definition) is 2. The van der Waals surface area contributed by atoms with Crippen molar-refractivity contribution < 1.29 is 19.5 Å². The number of aryl methyl sites for hydroxylation is 1. The molecular formula is C44H65N3O4. The molecule has 6 aliphatic carbocycles. The summed E-state index contributed by atoms with van der Waals surface area (Å²) in [5.74, 6) is 3.27. The summed E-state index contributed by atoms with van der Waals surface area (Å²) in [7, 11) is 1.99. The molecule has 51 heavy (non-hydrogen) atoms. The van der Waals surface area contributed by atoms with Gasteiger partial charge >= 0.3 is 5.97 Å². The van der Waals surface area contributed by atoms with E-state index in [1.807, 2.05) is 30.9 Å². The highest BCUT2D eigenvalue weighted by atomic mass is 16.4. The standard InChI is InChI=1S/C44H65N3O4/c1-25(2)37-34(49)24-44(18-19-45-27(4)39-46-20-21-47(39)9)17-13-32-29(38(37)44)10-11-36-42(32,7)16-14-35-41(5,6)28(12-15-43(35,36)8)22-33(48)30-23-31(26(30)3)40(50)51/h20-21,25-26,28-32,35-36,45H,4,10-19,22-24H2,1-3,5-9H3,(H,50,51). The molecule has 1 heterocycles. The summed E-state index contributed by atoms with van der Waals surface area (Å²) in [5.41, 5.74) is 4.06. The number of fused-ring (bicyclic) bond motifs is 7. The first-order valence-electron chi connectivity index (χ1n) is 20.4. The number of aromatic nitrogens is 2. The van der Waals surface area contributed by atoms with Gasteiger partial charge in [0.2, 0.25) is 0 Å². The predicted molar refractivity (Wildman–Crippen MR) is 201 cm³/mol. The van der Waals surface area contributed by atoms with Crippen LogP contribution in [0.4, 0.5) is 0 Å². The lowest BCUT2D eigenvalue weighted by atomic mass is 9.35. The third-order valence-corrected chi connectivity index (χ3v) is 17.0. The van der Waals surface area contributed by atoms with Crippen LogP contribution in [0.3, 0.4) is 0 Å². The molecule has 0 amide bonds. The van der Waals surface area contributed by atoms with E-state index in [1.165, 1.54) is 38.5 Å². The molecule has 0 saturated heterocycles. The van der Waals surface area contributed by atoms with Crippen LogP contribution in [0.15, 0.2) is 30.1 Å². The van der Waals surface area contributed by atoms with Crippen molar-refractivity contribution in [2.75, 3.05) is 6.54 Å². The Balaban J connectivity index is 1.09. The molecule has 0 spiro atoms. The van der Waals surface area contributed by atoms with Crippen LogP contribution in [0.1, 0.15) is 131 Å². The van der Waals surface area contributed by atoms with Gasteiger partial charge in [0, 0.05) is 50.2 Å². The van der Waals surface area contributed by atoms with Crippen LogP contribution in [0, 0.1) is 74.9 Å². The number of rotatable bonds is 10. The molecule has 11 atom stereocenters. The Hall–Kier alpha value is -2.70. The van der Waals surface area contributed by atoms with Crippen LogP contribution in [0.5, 0.6) is 0 Å². The first kappa shape index (κ1) is 36.6. The van der Waals surface area contributed by atoms with Gasteiger partial charge in [-0.25, -0.2) is 4.98 Å². The van der Waals surface area contributed by atoms with Crippen molar-refractivity contribution in [3.63, 3.8) is 0 Å². The van der Waals surface area contributed by atoms with Gasteiger partial charge in [0.05, 0.1) is 11.6 Å². The van der Waals surface area contributed by atoms with Crippen LogP contribution in [0.25, 0.3) is 5.70 Å². The number of nitrogens with one attached hydrogen (secondary N) is 1. The monoisotopic (exact) mass is 699 g/mol. The molecule has 2 N–H and O–H groups in total. The van der Waals surface area contributed by atoms with E-state index in [0.29, 0.717) is 60.4 Å². The summed E-state index contributed by atoms with van der Waals surface area (Å²) < 4.78 is 2.00. The number of aliphatic carboxylic acids is 1. The first-order chi connectivity index (χ1) is 24.0. The number of Topliss-reactive ketones (excluding diaryl/α,β-unsaturated/α-hetero) is 2. The second-order valence-corrected chi connectivity index (χ2v) is 19.7. The molecule has 0 aromatic carbocycles. The van der Waals surface area contributed by atoms with Gasteiger partial charge in [-0.05, 0) is 127 Å². The molecule has 6 aliphatic rings. The molecule has 1 aromatic rings. The smallest absolute Gasteiger partial charge is 0.306 e. The third kappa shape index (κ3) is 5.55. The van der Waals surface area contributed by atoms with Crippen molar-refractivity contribution >= 4 is 23.2 Å². The maximum absolute atomic E-state index is 13.9. The highest BCUT2D eigenvalue weighted by molar-refractivity contribution is 6.00. The molecule has 0 radical (unpaired) electrons. The topological polar surface area (TPSA) is 101 Å². The number of allylic oxidation sites excluding steroid dienone is 2. The Kier molecular flexibility index (Phi) is 9.14. The van der Waals surface area contributed by atoms with Gasteiger partial charge in [0.15, 0.2) is 11.6 Å². The average molecular weight is 700 g/mol. The van der Waals surface area contributed by atoms with Gasteiger partial charge in [0.1, 0.15) is 5.78 Å². The summed E-state index contributed by atoms with van der Waals surface area (Å²) in [5, 5.41) is 13.1. The zero-order valence-corrected chi connectivity index (χ0v) is 32.8. The fraction of sp³-hybridized carbons (Fsp3) is 0.773. The SMILES string of the molecule is C=C(NCCC12CCC3C(CCC4C3(C)CCC3C(C)(C)C(CC(=O)C5CC(C(=O)O)C5C)CCC34C)C1=C(C(C)C)C(=O)C2)c1nccn1C. The van der Waals surface area contributed by atoms with E-state index in [2.05, 4.69) is 58.4 Å². The van der Waals surface area contributed by atoms with Crippen molar-refractivity contribution in [3.05, 3.63) is 35.9 Å². The summed E-state index contributed by atoms with van der Waals surface area (Å²) in [6, 6.07) is 0. The number of ketones is 2. The Morgan fingerprint density at radius 1 is 1.02 bits per heavy atom. The van der Waals surface area contributed by atoms with E-state index < -0.39 is 5.97 Å². The lowest BCUT2D eigenvalue weighted by Gasteiger charge is -2.69. The van der Waals surface area contributed by atoms with Crippen molar-refractivity contribution in [2.45, 2.75) is 126 Å². The largest absolute Gasteiger partial charge is 0.481 e. The van der Waals surface area contributed by atoms with Gasteiger partial charge in [-0.15, -0.1) is 0 Å². The maximum Gasteiger partial charge on any atom is 0.306 e. The predicted octanol–water partition coefficient (Wildman–Crippen LogP) is 8.89.